The highest BCUT2D eigenvalue weighted by Crippen LogP contribution is 2.44. The number of aromatic nitrogens is 1. The number of aromatic carboxylic acids is 1. The van der Waals surface area contributed by atoms with Crippen LogP contribution in [0.25, 0.3) is 23.8 Å². The Hall–Kier alpha value is -5.44. The van der Waals surface area contributed by atoms with Crippen LogP contribution >= 0.6 is 0 Å². The normalized spacial score (nSPS) is 15.4. The van der Waals surface area contributed by atoms with Gasteiger partial charge in [0, 0.05) is 68.7 Å². The highest BCUT2D eigenvalue weighted by Gasteiger charge is 2.55. The number of rotatable bonds is 8. The summed E-state index contributed by atoms with van der Waals surface area (Å²) in [5, 5.41) is 9.52. The zero-order valence-corrected chi connectivity index (χ0v) is 27.4. The van der Waals surface area contributed by atoms with E-state index in [1.807, 2.05) is 113 Å². The molecule has 1 aromatic heterocycles. The molecule has 0 bridgehead atoms. The summed E-state index contributed by atoms with van der Waals surface area (Å²) < 4.78 is 36.6. The van der Waals surface area contributed by atoms with Crippen molar-refractivity contribution < 1.29 is 23.0 Å². The van der Waals surface area contributed by atoms with Crippen LogP contribution in [0.3, 0.4) is 0 Å². The lowest BCUT2D eigenvalue weighted by molar-refractivity contribution is -0.362. The van der Waals surface area contributed by atoms with Crippen LogP contribution in [0.4, 0.5) is 20.0 Å². The summed E-state index contributed by atoms with van der Waals surface area (Å²) in [6.45, 7) is -0.641. The average molecular weight is 631 g/mol. The Morgan fingerprint density at radius 1 is 0.787 bits per heavy atom. The van der Waals surface area contributed by atoms with Gasteiger partial charge in [0.1, 0.15) is 0 Å². The third-order valence-corrected chi connectivity index (χ3v) is 8.74. The maximum atomic E-state index is 17.2. The van der Waals surface area contributed by atoms with Crippen LogP contribution in [-0.2, 0) is 0 Å². The number of hydrogen-bond donors (Lipinski definition) is 1. The molecule has 0 amide bonds. The molecule has 0 unspecified atom stereocenters. The van der Waals surface area contributed by atoms with E-state index in [2.05, 4.69) is 0 Å². The van der Waals surface area contributed by atoms with Gasteiger partial charge in [0.15, 0.2) is 11.4 Å². The number of benzene rings is 3. The molecule has 2 aliphatic heterocycles. The number of aryl methyl sites for hydroxylation is 1. The number of anilines is 2. The quantitative estimate of drug-likeness (QED) is 0.201. The minimum Gasteiger partial charge on any atom is -0.478 e. The fourth-order valence-electron chi connectivity index (χ4n) is 6.33. The Balaban J connectivity index is 1.53. The highest BCUT2D eigenvalue weighted by molar-refractivity contribution is 6.58. The number of carbonyl (C=O) groups is 1. The number of carboxylic acid groups (broad SMARTS) is 1. The molecule has 6 nitrogen and oxygen atoms in total. The molecule has 47 heavy (non-hydrogen) atoms. The molecule has 0 atom stereocenters. The molecule has 3 aromatic carbocycles. The number of hydrogen-bond acceptors (Lipinski definition) is 3. The van der Waals surface area contributed by atoms with Crippen molar-refractivity contribution in [1.82, 2.24) is 4.48 Å². The minimum atomic E-state index is -4.33. The van der Waals surface area contributed by atoms with E-state index in [1.165, 1.54) is 12.1 Å². The van der Waals surface area contributed by atoms with E-state index in [0.29, 0.717) is 45.1 Å². The van der Waals surface area contributed by atoms with Gasteiger partial charge in [-0.1, -0.05) is 42.5 Å². The van der Waals surface area contributed by atoms with Gasteiger partial charge in [-0.3, -0.25) is 0 Å². The highest BCUT2D eigenvalue weighted by atomic mass is 19.2. The molecule has 0 saturated carbocycles. The molecule has 1 N–H and O–H groups in total. The lowest BCUT2D eigenvalue weighted by Gasteiger charge is -2.34. The van der Waals surface area contributed by atoms with Gasteiger partial charge in [0.05, 0.1) is 11.1 Å². The second-order valence-corrected chi connectivity index (χ2v) is 12.4. The molecule has 3 heterocycles. The predicted octanol–water partition coefficient (Wildman–Crippen LogP) is 7.92. The summed E-state index contributed by atoms with van der Waals surface area (Å²) in [6.07, 6.45) is 8.98. The third-order valence-electron chi connectivity index (χ3n) is 8.74. The van der Waals surface area contributed by atoms with Gasteiger partial charge >= 0.3 is 12.9 Å². The largest absolute Gasteiger partial charge is 0.737 e. The fraction of sp³-hybridized carbons (Fsp3) is 0.158. The van der Waals surface area contributed by atoms with Gasteiger partial charge in [0.25, 0.3) is 0 Å². The SMILES string of the molecule is CC1=CC(/C=C/c2ccc(N(C)C)cc2)=[N+]2C1=C(c1ccc(C(=O)O)cc1)c1c(C)cc(/C=C/c3ccc(N(C)C)cc3)n1[B-]2(F)F. The van der Waals surface area contributed by atoms with Gasteiger partial charge in [-0.05, 0) is 90.7 Å². The molecular formula is C38H37BF2N4O2. The first-order chi connectivity index (χ1) is 22.4. The number of carboxylic acids is 1. The molecule has 0 radical (unpaired) electrons. The van der Waals surface area contributed by atoms with E-state index in [0.717, 1.165) is 31.5 Å². The first kappa shape index (κ1) is 31.5. The molecule has 0 spiro atoms. The van der Waals surface area contributed by atoms with Gasteiger partial charge in [-0.15, -0.1) is 0 Å². The van der Waals surface area contributed by atoms with Crippen LogP contribution in [0.2, 0.25) is 0 Å². The average Bonchev–Trinajstić information content (AvgIpc) is 3.57. The summed E-state index contributed by atoms with van der Waals surface area (Å²) in [7, 11) is 7.87. The van der Waals surface area contributed by atoms with E-state index in [-0.39, 0.29) is 5.56 Å². The monoisotopic (exact) mass is 630 g/mol. The van der Waals surface area contributed by atoms with Crippen LogP contribution in [0, 0.1) is 6.92 Å². The summed E-state index contributed by atoms with van der Waals surface area (Å²) in [5.41, 5.74) is 8.32. The molecule has 0 saturated heterocycles. The minimum absolute atomic E-state index is 0.131. The van der Waals surface area contributed by atoms with Crippen molar-refractivity contribution in [1.29, 1.82) is 0 Å². The van der Waals surface area contributed by atoms with Crippen molar-refractivity contribution in [2.24, 2.45) is 0 Å². The summed E-state index contributed by atoms with van der Waals surface area (Å²) >= 11 is 0. The molecule has 4 aromatic rings. The first-order valence-electron chi connectivity index (χ1n) is 15.5. The third kappa shape index (κ3) is 5.74. The Labute approximate surface area is 274 Å². The molecule has 2 aliphatic rings. The van der Waals surface area contributed by atoms with Crippen molar-refractivity contribution >= 4 is 53.8 Å². The van der Waals surface area contributed by atoms with Gasteiger partial charge in [-0.25, -0.2) is 4.79 Å². The van der Waals surface area contributed by atoms with Gasteiger partial charge in [0.2, 0.25) is 0 Å². The Morgan fingerprint density at radius 2 is 1.32 bits per heavy atom. The topological polar surface area (TPSA) is 51.7 Å². The van der Waals surface area contributed by atoms with E-state index >= 15 is 8.63 Å². The van der Waals surface area contributed by atoms with Crippen LogP contribution in [0.15, 0.2) is 102 Å². The maximum Gasteiger partial charge on any atom is 0.737 e. The number of fused-ring (bicyclic) bond motifs is 2. The second-order valence-electron chi connectivity index (χ2n) is 12.4. The van der Waals surface area contributed by atoms with E-state index in [1.54, 1.807) is 36.4 Å². The number of allylic oxidation sites excluding steroid dienone is 3. The van der Waals surface area contributed by atoms with Gasteiger partial charge in [-0.2, -0.15) is 0 Å². The Bertz CT molecular complexity index is 2030. The predicted molar refractivity (Wildman–Crippen MR) is 190 cm³/mol. The van der Waals surface area contributed by atoms with Gasteiger partial charge < -0.3 is 32.5 Å². The smallest absolute Gasteiger partial charge is 0.478 e. The van der Waals surface area contributed by atoms with Crippen molar-refractivity contribution in [3.8, 4) is 0 Å². The number of nitrogens with zero attached hydrogens (tertiary/aromatic N) is 4. The van der Waals surface area contributed by atoms with E-state index in [9.17, 15) is 9.90 Å². The van der Waals surface area contributed by atoms with E-state index in [4.69, 9.17) is 0 Å². The maximum absolute atomic E-state index is 17.2. The molecule has 0 aliphatic carbocycles. The number of halogens is 2. The summed E-state index contributed by atoms with van der Waals surface area (Å²) in [4.78, 5) is 15.6. The van der Waals surface area contributed by atoms with Crippen LogP contribution in [0.1, 0.15) is 50.9 Å². The summed E-state index contributed by atoms with van der Waals surface area (Å²) in [6, 6.07) is 24.1. The van der Waals surface area contributed by atoms with E-state index < -0.39 is 12.9 Å². The molecule has 6 rings (SSSR count). The lowest BCUT2D eigenvalue weighted by atomic mass is 9.83. The van der Waals surface area contributed by atoms with Crippen molar-refractivity contribution in [3.05, 3.63) is 141 Å². The second kappa shape index (κ2) is 12.1. The fourth-order valence-corrected chi connectivity index (χ4v) is 6.33. The van der Waals surface area contributed by atoms with Crippen molar-refractivity contribution in [2.45, 2.75) is 13.8 Å². The molecule has 0 fully saturated rings. The van der Waals surface area contributed by atoms with Crippen molar-refractivity contribution in [2.75, 3.05) is 38.0 Å². The Kier molecular flexibility index (Phi) is 8.09. The molecule has 238 valence electrons. The van der Waals surface area contributed by atoms with Crippen LogP contribution < -0.4 is 9.80 Å². The lowest BCUT2D eigenvalue weighted by Crippen LogP contribution is -2.51. The molecule has 9 heteroatoms. The standard InChI is InChI=1S/C38H37BF2N4O2/c1-25-23-33(21-11-27-7-17-31(18-8-27)42(3)4)44-36(25)35(29-13-15-30(16-14-29)38(46)47)37-26(2)24-34(45(37)39(44,40)41)22-12-28-9-19-32(20-10-28)43(5)6/h7-24H,1-6H3,(H,46,47)/b21-11+,22-12+. The summed E-state index contributed by atoms with van der Waals surface area (Å²) in [5.74, 6) is -1.05. The zero-order valence-electron chi connectivity index (χ0n) is 27.4. The van der Waals surface area contributed by atoms with Crippen LogP contribution in [-0.4, -0.2) is 60.9 Å². The molecular weight excluding hydrogens is 593 g/mol. The zero-order chi connectivity index (χ0) is 33.6. The van der Waals surface area contributed by atoms with Crippen molar-refractivity contribution in [3.63, 3.8) is 0 Å². The first-order valence-corrected chi connectivity index (χ1v) is 15.5. The Morgan fingerprint density at radius 3 is 1.83 bits per heavy atom. The van der Waals surface area contributed by atoms with Crippen LogP contribution in [0.5, 0.6) is 0 Å².